The summed E-state index contributed by atoms with van der Waals surface area (Å²) in [5, 5.41) is 3.57. The van der Waals surface area contributed by atoms with Gasteiger partial charge in [0.1, 0.15) is 11.6 Å². The fourth-order valence-corrected chi connectivity index (χ4v) is 2.68. The zero-order chi connectivity index (χ0) is 18.4. The minimum Gasteiger partial charge on any atom is -0.484 e. The van der Waals surface area contributed by atoms with E-state index in [0.717, 1.165) is 17.1 Å². The van der Waals surface area contributed by atoms with Crippen LogP contribution >= 0.6 is 11.6 Å². The second-order valence-electron chi connectivity index (χ2n) is 5.82. The van der Waals surface area contributed by atoms with E-state index in [2.05, 4.69) is 15.3 Å². The van der Waals surface area contributed by atoms with E-state index in [1.807, 2.05) is 37.3 Å². The lowest BCUT2D eigenvalue weighted by Gasteiger charge is -2.15. The molecule has 1 amide bonds. The second-order valence-corrected chi connectivity index (χ2v) is 6.26. The second kappa shape index (κ2) is 8.54. The highest BCUT2D eigenvalue weighted by molar-refractivity contribution is 6.30. The van der Waals surface area contributed by atoms with E-state index in [0.29, 0.717) is 17.2 Å². The molecule has 5 nitrogen and oxygen atoms in total. The van der Waals surface area contributed by atoms with Crippen LogP contribution < -0.4 is 10.1 Å². The van der Waals surface area contributed by atoms with Gasteiger partial charge in [-0.3, -0.25) is 4.79 Å². The zero-order valence-corrected chi connectivity index (χ0v) is 15.2. The Labute approximate surface area is 157 Å². The highest BCUT2D eigenvalue weighted by Gasteiger charge is 2.16. The average Bonchev–Trinajstić information content (AvgIpc) is 3.16. The predicted molar refractivity (Wildman–Crippen MR) is 102 cm³/mol. The van der Waals surface area contributed by atoms with Crippen molar-refractivity contribution in [2.75, 3.05) is 6.61 Å². The maximum absolute atomic E-state index is 12.2. The summed E-state index contributed by atoms with van der Waals surface area (Å²) in [5.41, 5.74) is 1.98. The molecule has 6 heteroatoms. The van der Waals surface area contributed by atoms with Crippen LogP contribution in [0, 0.1) is 0 Å². The number of rotatable bonds is 7. The molecule has 0 saturated carbocycles. The van der Waals surface area contributed by atoms with E-state index in [-0.39, 0.29) is 18.6 Å². The quantitative estimate of drug-likeness (QED) is 0.649. The van der Waals surface area contributed by atoms with Gasteiger partial charge in [0.05, 0.1) is 17.9 Å². The summed E-state index contributed by atoms with van der Waals surface area (Å²) in [6, 6.07) is 16.6. The lowest BCUT2D eigenvalue weighted by molar-refractivity contribution is -0.123. The van der Waals surface area contributed by atoms with Gasteiger partial charge in [0.15, 0.2) is 6.61 Å². The van der Waals surface area contributed by atoms with E-state index < -0.39 is 0 Å². The summed E-state index contributed by atoms with van der Waals surface area (Å²) in [7, 11) is 0. The van der Waals surface area contributed by atoms with Crippen molar-refractivity contribution in [1.29, 1.82) is 0 Å². The standard InChI is InChI=1S/C20H20ClN3O2/c1-2-17(20-22-12-18(24-20)14-6-4-3-5-7-14)23-19(25)13-26-16-10-8-15(21)9-11-16/h3-12,17H,2,13H2,1H3,(H,22,24)(H,23,25). The number of aromatic amines is 1. The Hall–Kier alpha value is -2.79. The van der Waals surface area contributed by atoms with Gasteiger partial charge >= 0.3 is 0 Å². The van der Waals surface area contributed by atoms with Crippen molar-refractivity contribution in [3.05, 3.63) is 71.6 Å². The Morgan fingerprint density at radius 3 is 2.62 bits per heavy atom. The monoisotopic (exact) mass is 369 g/mol. The molecule has 0 bridgehead atoms. The number of carbonyl (C=O) groups excluding carboxylic acids is 1. The third-order valence-electron chi connectivity index (χ3n) is 3.94. The van der Waals surface area contributed by atoms with Gasteiger partial charge in [0.25, 0.3) is 5.91 Å². The number of hydrogen-bond donors (Lipinski definition) is 2. The van der Waals surface area contributed by atoms with E-state index in [4.69, 9.17) is 16.3 Å². The minimum atomic E-state index is -0.204. The molecule has 0 aliphatic rings. The Bertz CT molecular complexity index is 847. The Kier molecular flexibility index (Phi) is 5.92. The van der Waals surface area contributed by atoms with Crippen LogP contribution in [0.5, 0.6) is 5.75 Å². The molecule has 1 aromatic heterocycles. The van der Waals surface area contributed by atoms with Crippen LogP contribution in [-0.2, 0) is 4.79 Å². The van der Waals surface area contributed by atoms with Crippen molar-refractivity contribution in [3.63, 3.8) is 0 Å². The van der Waals surface area contributed by atoms with Crippen LogP contribution in [0.3, 0.4) is 0 Å². The Morgan fingerprint density at radius 1 is 1.19 bits per heavy atom. The fraction of sp³-hybridized carbons (Fsp3) is 0.200. The van der Waals surface area contributed by atoms with Crippen LogP contribution in [0.25, 0.3) is 11.3 Å². The van der Waals surface area contributed by atoms with Gasteiger partial charge in [-0.25, -0.2) is 4.98 Å². The largest absolute Gasteiger partial charge is 0.484 e. The van der Waals surface area contributed by atoms with Crippen LogP contribution in [-0.4, -0.2) is 22.5 Å². The van der Waals surface area contributed by atoms with Gasteiger partial charge in [0, 0.05) is 5.02 Å². The number of aromatic nitrogens is 2. The molecule has 0 fully saturated rings. The molecule has 0 aliphatic carbocycles. The number of amides is 1. The fourth-order valence-electron chi connectivity index (χ4n) is 2.56. The van der Waals surface area contributed by atoms with E-state index in [1.54, 1.807) is 30.5 Å². The molecule has 134 valence electrons. The maximum Gasteiger partial charge on any atom is 0.258 e. The molecule has 3 rings (SSSR count). The van der Waals surface area contributed by atoms with Gasteiger partial charge < -0.3 is 15.0 Å². The van der Waals surface area contributed by atoms with Crippen LogP contribution in [0.4, 0.5) is 0 Å². The van der Waals surface area contributed by atoms with E-state index in [1.165, 1.54) is 0 Å². The van der Waals surface area contributed by atoms with E-state index in [9.17, 15) is 4.79 Å². The first-order valence-corrected chi connectivity index (χ1v) is 8.81. The molecule has 0 spiro atoms. The third kappa shape index (κ3) is 4.64. The highest BCUT2D eigenvalue weighted by Crippen LogP contribution is 2.20. The first-order valence-electron chi connectivity index (χ1n) is 8.43. The number of halogens is 1. The minimum absolute atomic E-state index is 0.0651. The molecule has 0 aliphatic heterocycles. The summed E-state index contributed by atoms with van der Waals surface area (Å²) in [5.74, 6) is 1.12. The van der Waals surface area contributed by atoms with Crippen molar-refractivity contribution in [3.8, 4) is 17.0 Å². The molecule has 0 radical (unpaired) electrons. The number of hydrogen-bond acceptors (Lipinski definition) is 3. The average molecular weight is 370 g/mol. The van der Waals surface area contributed by atoms with Gasteiger partial charge in [-0.15, -0.1) is 0 Å². The van der Waals surface area contributed by atoms with E-state index >= 15 is 0 Å². The SMILES string of the molecule is CCC(NC(=O)COc1ccc(Cl)cc1)c1ncc(-c2ccccc2)[nH]1. The maximum atomic E-state index is 12.2. The van der Waals surface area contributed by atoms with Crippen molar-refractivity contribution in [2.24, 2.45) is 0 Å². The van der Waals surface area contributed by atoms with Crippen LogP contribution in [0.2, 0.25) is 5.02 Å². The summed E-state index contributed by atoms with van der Waals surface area (Å²) in [4.78, 5) is 19.9. The number of nitrogens with zero attached hydrogens (tertiary/aromatic N) is 1. The Balaban J connectivity index is 1.59. The molecule has 3 aromatic rings. The topological polar surface area (TPSA) is 67.0 Å². The number of carbonyl (C=O) groups is 1. The molecular formula is C20H20ClN3O2. The molecule has 1 atom stereocenters. The lowest BCUT2D eigenvalue weighted by Crippen LogP contribution is -2.32. The highest BCUT2D eigenvalue weighted by atomic mass is 35.5. The van der Waals surface area contributed by atoms with Crippen molar-refractivity contribution in [2.45, 2.75) is 19.4 Å². The third-order valence-corrected chi connectivity index (χ3v) is 4.19. The van der Waals surface area contributed by atoms with Gasteiger partial charge in [0.2, 0.25) is 0 Å². The molecule has 1 unspecified atom stereocenters. The zero-order valence-electron chi connectivity index (χ0n) is 14.4. The lowest BCUT2D eigenvalue weighted by atomic mass is 10.2. The van der Waals surface area contributed by atoms with Gasteiger partial charge in [-0.1, -0.05) is 48.9 Å². The van der Waals surface area contributed by atoms with Crippen LogP contribution in [0.15, 0.2) is 60.8 Å². The molecule has 0 saturated heterocycles. The molecular weight excluding hydrogens is 350 g/mol. The number of nitrogens with one attached hydrogen (secondary N) is 2. The summed E-state index contributed by atoms with van der Waals surface area (Å²) in [6.07, 6.45) is 2.50. The first-order chi connectivity index (χ1) is 12.7. The normalized spacial score (nSPS) is 11.8. The molecule has 1 heterocycles. The predicted octanol–water partition coefficient (Wildman–Crippen LogP) is 4.38. The Morgan fingerprint density at radius 2 is 1.92 bits per heavy atom. The van der Waals surface area contributed by atoms with Gasteiger partial charge in [-0.05, 0) is 36.2 Å². The molecule has 2 N–H and O–H groups in total. The molecule has 26 heavy (non-hydrogen) atoms. The number of ether oxygens (including phenoxy) is 1. The first kappa shape index (κ1) is 18.0. The summed E-state index contributed by atoms with van der Waals surface area (Å²) < 4.78 is 5.48. The number of benzene rings is 2. The summed E-state index contributed by atoms with van der Waals surface area (Å²) in [6.45, 7) is 1.93. The smallest absolute Gasteiger partial charge is 0.258 e. The summed E-state index contributed by atoms with van der Waals surface area (Å²) >= 11 is 5.83. The number of imidazole rings is 1. The van der Waals surface area contributed by atoms with Crippen LogP contribution in [0.1, 0.15) is 25.2 Å². The number of H-pyrrole nitrogens is 1. The van der Waals surface area contributed by atoms with Crippen molar-refractivity contribution < 1.29 is 9.53 Å². The molecule has 2 aromatic carbocycles. The van der Waals surface area contributed by atoms with Crippen molar-refractivity contribution in [1.82, 2.24) is 15.3 Å². The van der Waals surface area contributed by atoms with Gasteiger partial charge in [-0.2, -0.15) is 0 Å². The van der Waals surface area contributed by atoms with Crippen molar-refractivity contribution >= 4 is 17.5 Å².